The number of H-pyrrole nitrogens is 1. The van der Waals surface area contributed by atoms with Crippen LogP contribution < -0.4 is 4.72 Å². The predicted molar refractivity (Wildman–Crippen MR) is 91.2 cm³/mol. The van der Waals surface area contributed by atoms with Gasteiger partial charge in [-0.25, -0.2) is 13.3 Å². The molecule has 2 aromatic heterocycles. The van der Waals surface area contributed by atoms with Gasteiger partial charge in [0.1, 0.15) is 16.8 Å². The topological polar surface area (TPSA) is 83.8 Å². The van der Waals surface area contributed by atoms with Crippen molar-refractivity contribution in [2.24, 2.45) is 0 Å². The molecule has 0 bridgehead atoms. The predicted octanol–water partition coefficient (Wildman–Crippen LogP) is 3.17. The van der Waals surface area contributed by atoms with E-state index in [-0.39, 0.29) is 12.4 Å². The van der Waals surface area contributed by atoms with Gasteiger partial charge in [-0.1, -0.05) is 17.3 Å². The Morgan fingerprint density at radius 2 is 2.04 bits per heavy atom. The van der Waals surface area contributed by atoms with Gasteiger partial charge in [-0.3, -0.25) is 0 Å². The lowest BCUT2D eigenvalue weighted by molar-refractivity contribution is 0.409. The Balaban J connectivity index is 1.53. The van der Waals surface area contributed by atoms with Crippen LogP contribution in [-0.2, 0) is 17.5 Å². The number of fused-ring (bicyclic) bond motifs is 1. The van der Waals surface area contributed by atoms with Gasteiger partial charge in [0.2, 0.25) is 6.39 Å². The molecule has 0 aliphatic rings. The Labute approximate surface area is 144 Å². The van der Waals surface area contributed by atoms with E-state index in [1.54, 1.807) is 18.2 Å². The number of rotatable bonds is 5. The van der Waals surface area contributed by atoms with Gasteiger partial charge in [-0.15, -0.1) is 0 Å². The summed E-state index contributed by atoms with van der Waals surface area (Å²) < 4.78 is 33.0. The lowest BCUT2D eigenvalue weighted by Crippen LogP contribution is -2.17. The largest absolute Gasteiger partial charge is 0.360 e. The van der Waals surface area contributed by atoms with Crippen molar-refractivity contribution in [1.82, 2.24) is 19.8 Å². The van der Waals surface area contributed by atoms with Crippen LogP contribution in [0.5, 0.6) is 0 Å². The summed E-state index contributed by atoms with van der Waals surface area (Å²) >= 11 is 0. The highest BCUT2D eigenvalue weighted by Crippen LogP contribution is 2.29. The molecule has 0 saturated carbocycles. The number of aromatic nitrogens is 3. The van der Waals surface area contributed by atoms with Crippen LogP contribution in [0.4, 0.5) is 4.39 Å². The normalized spacial score (nSPS) is 12.5. The fraction of sp³-hybridized carbons (Fsp3) is 0.0588. The molecular weight excluding hydrogens is 343 g/mol. The summed E-state index contributed by atoms with van der Waals surface area (Å²) in [5, 5.41) is 4.59. The molecule has 8 heteroatoms. The first-order valence-electron chi connectivity index (χ1n) is 7.48. The molecule has 0 amide bonds. The molecule has 0 aliphatic carbocycles. The van der Waals surface area contributed by atoms with Gasteiger partial charge in [0.25, 0.3) is 0 Å². The van der Waals surface area contributed by atoms with Crippen molar-refractivity contribution in [3.63, 3.8) is 0 Å². The van der Waals surface area contributed by atoms with E-state index >= 15 is 0 Å². The van der Waals surface area contributed by atoms with Crippen molar-refractivity contribution in [3.05, 3.63) is 66.7 Å². The van der Waals surface area contributed by atoms with E-state index in [1.165, 1.54) is 18.5 Å². The third kappa shape index (κ3) is 3.21. The summed E-state index contributed by atoms with van der Waals surface area (Å²) in [6.07, 6.45) is 3.06. The molecule has 4 rings (SSSR count). The fourth-order valence-electron chi connectivity index (χ4n) is 2.58. The van der Waals surface area contributed by atoms with Crippen molar-refractivity contribution in [2.45, 2.75) is 11.4 Å². The van der Waals surface area contributed by atoms with E-state index < -0.39 is 11.0 Å². The number of nitrogens with zero attached hydrogens (tertiary/aromatic N) is 2. The Morgan fingerprint density at radius 3 is 2.80 bits per heavy atom. The summed E-state index contributed by atoms with van der Waals surface area (Å²) in [5.41, 5.74) is 2.66. The van der Waals surface area contributed by atoms with Crippen LogP contribution in [0.25, 0.3) is 22.0 Å². The third-order valence-corrected chi connectivity index (χ3v) is 4.90. The number of nitrogens with one attached hydrogen (secondary N) is 2. The first-order chi connectivity index (χ1) is 12.2. The highest BCUT2D eigenvalue weighted by atomic mass is 32.2. The molecule has 2 N–H and O–H groups in total. The molecular formula is C17H13FN4O2S. The Bertz CT molecular complexity index is 1030. The summed E-state index contributed by atoms with van der Waals surface area (Å²) in [4.78, 5) is 7.56. The van der Waals surface area contributed by atoms with Gasteiger partial charge in [0.05, 0.1) is 11.4 Å². The van der Waals surface area contributed by atoms with Gasteiger partial charge in [-0.2, -0.15) is 4.98 Å². The average molecular weight is 356 g/mol. The van der Waals surface area contributed by atoms with Crippen LogP contribution >= 0.6 is 0 Å². The number of benzene rings is 2. The van der Waals surface area contributed by atoms with Crippen molar-refractivity contribution in [1.29, 1.82) is 0 Å². The van der Waals surface area contributed by atoms with Crippen molar-refractivity contribution in [3.8, 4) is 11.1 Å². The Morgan fingerprint density at radius 1 is 1.20 bits per heavy atom. The highest BCUT2D eigenvalue weighted by Gasteiger charge is 2.09. The van der Waals surface area contributed by atoms with E-state index in [0.717, 1.165) is 22.0 Å². The molecule has 4 aromatic rings. The van der Waals surface area contributed by atoms with E-state index in [0.29, 0.717) is 10.7 Å². The number of aromatic amines is 1. The second kappa shape index (κ2) is 6.58. The first-order valence-corrected chi connectivity index (χ1v) is 8.63. The van der Waals surface area contributed by atoms with Gasteiger partial charge in [-0.05, 0) is 35.9 Å². The maximum absolute atomic E-state index is 13.3. The number of hydrogen-bond donors (Lipinski definition) is 2. The molecule has 0 spiro atoms. The zero-order valence-corrected chi connectivity index (χ0v) is 13.7. The molecule has 0 saturated heterocycles. The second-order valence-corrected chi connectivity index (χ2v) is 6.65. The molecule has 2 aromatic carbocycles. The lowest BCUT2D eigenvalue weighted by atomic mass is 10.1. The minimum Gasteiger partial charge on any atom is -0.360 e. The van der Waals surface area contributed by atoms with Crippen LogP contribution in [0.2, 0.25) is 0 Å². The standard InChI is InChI=1S/C17H13FN4O2S/c18-12-3-6-14-15(8-19-16(14)7-12)11-1-4-13(5-2-11)25(23)21-9-17-20-10-24-22-17/h1-8,10,19,21H,9H2. The Kier molecular flexibility index (Phi) is 4.12. The van der Waals surface area contributed by atoms with Crippen molar-refractivity contribution < 1.29 is 13.1 Å². The summed E-state index contributed by atoms with van der Waals surface area (Å²) in [7, 11) is -1.38. The second-order valence-electron chi connectivity index (χ2n) is 5.35. The highest BCUT2D eigenvalue weighted by molar-refractivity contribution is 7.83. The lowest BCUT2D eigenvalue weighted by Gasteiger charge is -2.04. The first kappa shape index (κ1) is 15.7. The zero-order chi connectivity index (χ0) is 17.2. The van der Waals surface area contributed by atoms with Gasteiger partial charge in [0.15, 0.2) is 5.82 Å². The molecule has 0 fully saturated rings. The van der Waals surface area contributed by atoms with Gasteiger partial charge >= 0.3 is 0 Å². The van der Waals surface area contributed by atoms with Gasteiger partial charge < -0.3 is 9.51 Å². The summed E-state index contributed by atoms with van der Waals surface area (Å²) in [6.45, 7) is 0.249. The molecule has 1 atom stereocenters. The van der Waals surface area contributed by atoms with E-state index in [2.05, 4.69) is 24.4 Å². The van der Waals surface area contributed by atoms with Crippen molar-refractivity contribution >= 4 is 21.9 Å². The molecule has 126 valence electrons. The number of hydrogen-bond acceptors (Lipinski definition) is 4. The smallest absolute Gasteiger partial charge is 0.213 e. The Hall–Kier alpha value is -2.84. The monoisotopic (exact) mass is 356 g/mol. The minimum absolute atomic E-state index is 0.249. The SMILES string of the molecule is O=S(NCc1ncon1)c1ccc(-c2c[nH]c3cc(F)ccc23)cc1. The van der Waals surface area contributed by atoms with E-state index in [9.17, 15) is 8.60 Å². The van der Waals surface area contributed by atoms with Crippen molar-refractivity contribution in [2.75, 3.05) is 0 Å². The quantitative estimate of drug-likeness (QED) is 0.575. The molecule has 6 nitrogen and oxygen atoms in total. The zero-order valence-electron chi connectivity index (χ0n) is 12.9. The van der Waals surface area contributed by atoms with Crippen LogP contribution in [0.15, 0.2) is 64.5 Å². The van der Waals surface area contributed by atoms with Crippen LogP contribution in [0.3, 0.4) is 0 Å². The summed E-state index contributed by atoms with van der Waals surface area (Å²) in [5.74, 6) is 0.162. The van der Waals surface area contributed by atoms with Crippen LogP contribution in [-0.4, -0.2) is 19.3 Å². The molecule has 2 heterocycles. The minimum atomic E-state index is -1.38. The third-order valence-electron chi connectivity index (χ3n) is 3.79. The molecule has 1 unspecified atom stereocenters. The average Bonchev–Trinajstić information content (AvgIpc) is 3.29. The van der Waals surface area contributed by atoms with Crippen LogP contribution in [0, 0.1) is 5.82 Å². The molecule has 25 heavy (non-hydrogen) atoms. The van der Waals surface area contributed by atoms with E-state index in [4.69, 9.17) is 0 Å². The van der Waals surface area contributed by atoms with E-state index in [1.807, 2.05) is 18.3 Å². The maximum Gasteiger partial charge on any atom is 0.213 e. The molecule has 0 aliphatic heterocycles. The van der Waals surface area contributed by atoms with Crippen LogP contribution in [0.1, 0.15) is 5.82 Å². The summed E-state index contributed by atoms with van der Waals surface area (Å²) in [6, 6.07) is 12.0. The number of halogens is 1. The van der Waals surface area contributed by atoms with Gasteiger partial charge in [0, 0.05) is 22.7 Å². The molecule has 0 radical (unpaired) electrons. The fourth-order valence-corrected chi connectivity index (χ4v) is 3.39. The maximum atomic E-state index is 13.3.